The molecule has 72 heavy (non-hydrogen) atoms. The van der Waals surface area contributed by atoms with E-state index in [-0.39, 0.29) is 13.4 Å². The molecule has 0 unspecified atom stereocenters. The maximum Gasteiger partial charge on any atom is 0.260 e. The second-order valence-corrected chi connectivity index (χ2v) is 18.6. The van der Waals surface area contributed by atoms with Crippen LogP contribution in [0.3, 0.4) is 0 Å². The summed E-state index contributed by atoms with van der Waals surface area (Å²) in [6, 6.07) is 82.0. The summed E-state index contributed by atoms with van der Waals surface area (Å²) in [5, 5.41) is 0. The van der Waals surface area contributed by atoms with Gasteiger partial charge in [-0.05, 0) is 111 Å². The molecule has 0 bridgehead atoms. The van der Waals surface area contributed by atoms with Crippen LogP contribution in [0.4, 0.5) is 68.8 Å². The summed E-state index contributed by atoms with van der Waals surface area (Å²) < 4.78 is 0. The topological polar surface area (TPSA) is 64.5 Å². The predicted molar refractivity (Wildman–Crippen MR) is 297 cm³/mol. The largest absolute Gasteiger partial charge is 0.311 e. The van der Waals surface area contributed by atoms with Crippen molar-refractivity contribution in [2.75, 3.05) is 19.6 Å². The number of para-hydroxylation sites is 4. The summed E-state index contributed by atoms with van der Waals surface area (Å²) in [5.74, 6) is 3.92. The van der Waals surface area contributed by atoms with E-state index in [9.17, 15) is 0 Å². The first-order chi connectivity index (χ1) is 35.8. The van der Waals surface area contributed by atoms with Crippen LogP contribution in [0.1, 0.15) is 0 Å². The molecule has 15 rings (SSSR count). The fraction of sp³-hybridized carbons (Fsp3) is 0. The molecule has 0 radical (unpaired) electrons. The van der Waals surface area contributed by atoms with Gasteiger partial charge in [0.25, 0.3) is 13.4 Å². The molecule has 0 amide bonds. The minimum absolute atomic E-state index is 0.177. The lowest BCUT2D eigenvalue weighted by Gasteiger charge is -2.45. The molecule has 11 aromatic rings. The van der Waals surface area contributed by atoms with Gasteiger partial charge in [0.05, 0.1) is 0 Å². The van der Waals surface area contributed by atoms with Crippen molar-refractivity contribution in [2.24, 2.45) is 0 Å². The number of aromatic nitrogens is 4. The van der Waals surface area contributed by atoms with E-state index in [1.54, 1.807) is 0 Å². The quantitative estimate of drug-likeness (QED) is 0.153. The third-order valence-corrected chi connectivity index (χ3v) is 14.7. The summed E-state index contributed by atoms with van der Waals surface area (Å²) in [6.07, 6.45) is 3.93. The van der Waals surface area contributed by atoms with Gasteiger partial charge in [0.1, 0.15) is 23.3 Å². The number of hydrogen-bond acceptors (Lipinski definition) is 8. The van der Waals surface area contributed by atoms with Gasteiger partial charge in [0.2, 0.25) is 0 Å². The summed E-state index contributed by atoms with van der Waals surface area (Å²) >= 11 is 0. The molecule has 8 nitrogen and oxygen atoms in total. The van der Waals surface area contributed by atoms with Crippen molar-refractivity contribution in [3.63, 3.8) is 0 Å². The highest BCUT2D eigenvalue weighted by Crippen LogP contribution is 2.47. The number of benzene rings is 8. The van der Waals surface area contributed by atoms with Crippen LogP contribution in [0.5, 0.6) is 0 Å². The Bertz CT molecular complexity index is 3860. The molecule has 4 aliphatic rings. The zero-order chi connectivity index (χ0) is 47.3. The van der Waals surface area contributed by atoms with E-state index < -0.39 is 0 Å². The van der Waals surface area contributed by atoms with Gasteiger partial charge in [-0.1, -0.05) is 158 Å². The molecule has 7 heterocycles. The Kier molecular flexibility index (Phi) is 8.98. The summed E-state index contributed by atoms with van der Waals surface area (Å²) in [4.78, 5) is 31.6. The highest BCUT2D eigenvalue weighted by Gasteiger charge is 2.50. The molecule has 0 fully saturated rings. The van der Waals surface area contributed by atoms with E-state index in [1.165, 1.54) is 16.5 Å². The van der Waals surface area contributed by atoms with E-state index >= 15 is 0 Å². The molecular formula is C62H40B2N8. The van der Waals surface area contributed by atoms with Gasteiger partial charge in [-0.3, -0.25) is 19.7 Å². The minimum Gasteiger partial charge on any atom is -0.311 e. The van der Waals surface area contributed by atoms with Crippen LogP contribution in [0.25, 0.3) is 22.5 Å². The number of hydrogen-bond donors (Lipinski definition) is 0. The van der Waals surface area contributed by atoms with Crippen LogP contribution in [-0.2, 0) is 0 Å². The molecule has 0 atom stereocenters. The van der Waals surface area contributed by atoms with E-state index in [0.29, 0.717) is 5.82 Å². The van der Waals surface area contributed by atoms with E-state index in [4.69, 9.17) is 19.9 Å². The Labute approximate surface area is 418 Å². The van der Waals surface area contributed by atoms with Crippen molar-refractivity contribution in [1.82, 2.24) is 19.9 Å². The SMILES string of the molecule is c1ccc(-c2ccc3c(c2)N(c2ccccc2)c2cccc4c2B3c2cc3c(nc2N4c2ccccc2)N(c2ccccc2)c2nc(-c4ccccc4)nc4c2B3c2cnccc2N4c2ccccc2)cc1. The molecular weight excluding hydrogens is 878 g/mol. The van der Waals surface area contributed by atoms with Gasteiger partial charge >= 0.3 is 0 Å². The lowest BCUT2D eigenvalue weighted by Crippen LogP contribution is -2.66. The smallest absolute Gasteiger partial charge is 0.260 e. The molecule has 3 aromatic heterocycles. The van der Waals surface area contributed by atoms with E-state index in [2.05, 4.69) is 232 Å². The number of anilines is 12. The second-order valence-electron chi connectivity index (χ2n) is 18.6. The second kappa shape index (κ2) is 16.0. The van der Waals surface area contributed by atoms with Crippen molar-refractivity contribution in [2.45, 2.75) is 0 Å². The molecule has 4 aliphatic heterocycles. The predicted octanol–water partition coefficient (Wildman–Crippen LogP) is 10.8. The van der Waals surface area contributed by atoms with Crippen LogP contribution in [0.2, 0.25) is 0 Å². The Hall–Kier alpha value is -9.53. The molecule has 334 valence electrons. The molecule has 8 aromatic carbocycles. The van der Waals surface area contributed by atoms with Crippen molar-refractivity contribution in [3.05, 3.63) is 243 Å². The Morgan fingerprint density at radius 2 is 0.778 bits per heavy atom. The molecule has 10 heteroatoms. The highest BCUT2D eigenvalue weighted by molar-refractivity contribution is 7.03. The number of nitrogens with zero attached hydrogens (tertiary/aromatic N) is 8. The monoisotopic (exact) mass is 918 g/mol. The van der Waals surface area contributed by atoms with E-state index in [0.717, 1.165) is 102 Å². The average molecular weight is 919 g/mol. The fourth-order valence-corrected chi connectivity index (χ4v) is 11.7. The molecule has 0 N–H and O–H groups in total. The van der Waals surface area contributed by atoms with Crippen LogP contribution < -0.4 is 52.4 Å². The van der Waals surface area contributed by atoms with Gasteiger partial charge in [0, 0.05) is 68.9 Å². The third-order valence-electron chi connectivity index (χ3n) is 14.7. The summed E-state index contributed by atoms with van der Waals surface area (Å²) in [6.45, 7) is -0.494. The van der Waals surface area contributed by atoms with Gasteiger partial charge in [0.15, 0.2) is 5.82 Å². The average Bonchev–Trinajstić information content (AvgIpc) is 3.45. The van der Waals surface area contributed by atoms with Crippen molar-refractivity contribution in [3.8, 4) is 22.5 Å². The maximum absolute atomic E-state index is 6.08. The van der Waals surface area contributed by atoms with Gasteiger partial charge in [-0.25, -0.2) is 15.0 Å². The molecule has 0 saturated heterocycles. The summed E-state index contributed by atoms with van der Waals surface area (Å²) in [7, 11) is 0. The van der Waals surface area contributed by atoms with Gasteiger partial charge in [-0.15, -0.1) is 0 Å². The van der Waals surface area contributed by atoms with Crippen molar-refractivity contribution >= 4 is 115 Å². The highest BCUT2D eigenvalue weighted by atomic mass is 15.3. The minimum atomic E-state index is -0.317. The molecule has 0 aliphatic carbocycles. The molecule has 0 saturated carbocycles. The maximum atomic E-state index is 6.08. The van der Waals surface area contributed by atoms with Gasteiger partial charge < -0.3 is 4.90 Å². The summed E-state index contributed by atoms with van der Waals surface area (Å²) in [5.41, 5.74) is 18.4. The number of rotatable bonds is 6. The Balaban J connectivity index is 1.06. The number of fused-ring (bicyclic) bond motifs is 8. The van der Waals surface area contributed by atoms with Crippen molar-refractivity contribution in [1.29, 1.82) is 0 Å². The first-order valence-electron chi connectivity index (χ1n) is 24.5. The lowest BCUT2D eigenvalue weighted by atomic mass is 9.31. The van der Waals surface area contributed by atoms with Crippen LogP contribution in [-0.4, -0.2) is 33.4 Å². The lowest BCUT2D eigenvalue weighted by molar-refractivity contribution is 1.07. The standard InChI is InChI=1S/C62H40B2N8/c1-7-20-41(21-8-1)43-34-35-48-55(38-43)69(44-24-11-3-12-25-44)53-32-19-33-54-56(53)63(48)49-39-50-60(68-59(49)71(54)46-28-15-5-16-29-46)72(47-30-17-6-18-31-47)62-57-61(66-58(67-62)42-22-9-2-10-23-42)70(45-26-13-4-14-27-45)52-36-37-65-40-51(52)64(50)57/h1-40H. The van der Waals surface area contributed by atoms with E-state index in [1.807, 2.05) is 30.6 Å². The first kappa shape index (κ1) is 40.4. The van der Waals surface area contributed by atoms with Crippen molar-refractivity contribution < 1.29 is 0 Å². The molecule has 0 spiro atoms. The zero-order valence-electron chi connectivity index (χ0n) is 38.8. The van der Waals surface area contributed by atoms with Crippen LogP contribution in [0, 0.1) is 0 Å². The zero-order valence-corrected chi connectivity index (χ0v) is 38.8. The third kappa shape index (κ3) is 6.02. The van der Waals surface area contributed by atoms with Crippen LogP contribution >= 0.6 is 0 Å². The van der Waals surface area contributed by atoms with Gasteiger partial charge in [-0.2, -0.15) is 0 Å². The number of pyridine rings is 2. The van der Waals surface area contributed by atoms with Crippen LogP contribution in [0.15, 0.2) is 243 Å². The first-order valence-corrected chi connectivity index (χ1v) is 24.5. The Morgan fingerprint density at radius 3 is 1.39 bits per heavy atom. The fourth-order valence-electron chi connectivity index (χ4n) is 11.7. The normalized spacial score (nSPS) is 13.4. The Morgan fingerprint density at radius 1 is 0.292 bits per heavy atom.